The van der Waals surface area contributed by atoms with Gasteiger partial charge in [-0.3, -0.25) is 13.7 Å². The third-order valence-electron chi connectivity index (χ3n) is 3.68. The van der Waals surface area contributed by atoms with Crippen molar-refractivity contribution in [2.24, 2.45) is 0 Å². The Balaban J connectivity index is 1.68. The minimum Gasteiger partial charge on any atom is -0.480 e. The standard InChI is InChI=1S/C12H16N5O8P/c13-10-7-11(15-3-14-10)17(4-16-7)12-9(21)8(20)5(25-12)1-23-26(22)24-2-6(18)19/h3-5,8-9,12,20-21,26H,1-2H2,(H,18,19)(H2,13,14,15)/t5-,8-,9-,12-/m1/s1. The third-order valence-corrected chi connectivity index (χ3v) is 4.46. The topological polar surface area (TPSA) is 192 Å². The SMILES string of the molecule is Nc1ncnc2c1ncn2[C@@H]1O[C@H](CO[PH](=O)OCC(=O)O)[C@@H](O)[C@H]1O. The van der Waals surface area contributed by atoms with E-state index in [1.165, 1.54) is 17.2 Å². The molecule has 2 aromatic heterocycles. The number of rotatable bonds is 7. The molecule has 0 bridgehead atoms. The zero-order chi connectivity index (χ0) is 18.8. The molecule has 5 atom stereocenters. The van der Waals surface area contributed by atoms with E-state index >= 15 is 0 Å². The summed E-state index contributed by atoms with van der Waals surface area (Å²) in [6, 6.07) is 0. The largest absolute Gasteiger partial charge is 0.480 e. The van der Waals surface area contributed by atoms with Crippen LogP contribution in [0.15, 0.2) is 12.7 Å². The normalized spacial score (nSPS) is 27.0. The maximum Gasteiger partial charge on any atom is 0.330 e. The number of carboxylic acid groups (broad SMARTS) is 1. The highest BCUT2D eigenvalue weighted by atomic mass is 31.1. The Bertz CT molecular complexity index is 831. The number of carboxylic acids is 1. The minimum atomic E-state index is -3.08. The predicted octanol–water partition coefficient (Wildman–Crippen LogP) is -1.46. The average molecular weight is 389 g/mol. The number of hydrogen-bond donors (Lipinski definition) is 4. The Labute approximate surface area is 146 Å². The van der Waals surface area contributed by atoms with Crippen molar-refractivity contribution in [3.05, 3.63) is 12.7 Å². The molecule has 1 aliphatic heterocycles. The second-order valence-corrected chi connectivity index (χ2v) is 6.45. The summed E-state index contributed by atoms with van der Waals surface area (Å²) < 4.78 is 27.7. The van der Waals surface area contributed by atoms with Crippen LogP contribution >= 0.6 is 8.25 Å². The van der Waals surface area contributed by atoms with Gasteiger partial charge in [0.05, 0.1) is 12.9 Å². The molecule has 1 unspecified atom stereocenters. The second-order valence-electron chi connectivity index (χ2n) is 5.37. The lowest BCUT2D eigenvalue weighted by Crippen LogP contribution is -2.33. The highest BCUT2D eigenvalue weighted by Gasteiger charge is 2.44. The Hall–Kier alpha value is -2.15. The van der Waals surface area contributed by atoms with Gasteiger partial charge >= 0.3 is 14.2 Å². The summed E-state index contributed by atoms with van der Waals surface area (Å²) in [5.41, 5.74) is 6.31. The zero-order valence-corrected chi connectivity index (χ0v) is 14.1. The van der Waals surface area contributed by atoms with Crippen LogP contribution in [0.1, 0.15) is 6.23 Å². The van der Waals surface area contributed by atoms with Crippen LogP contribution in [0, 0.1) is 0 Å². The van der Waals surface area contributed by atoms with Gasteiger partial charge in [0.15, 0.2) is 24.3 Å². The number of hydrogen-bond acceptors (Lipinski definition) is 11. The molecule has 0 aromatic carbocycles. The van der Waals surface area contributed by atoms with Crippen LogP contribution in [-0.4, -0.2) is 72.3 Å². The van der Waals surface area contributed by atoms with E-state index in [2.05, 4.69) is 19.5 Å². The van der Waals surface area contributed by atoms with E-state index in [-0.39, 0.29) is 12.4 Å². The van der Waals surface area contributed by atoms with Gasteiger partial charge in [0.1, 0.15) is 30.2 Å². The first-order chi connectivity index (χ1) is 12.4. The molecule has 1 aliphatic rings. The van der Waals surface area contributed by atoms with Crippen molar-refractivity contribution >= 4 is 31.2 Å². The summed E-state index contributed by atoms with van der Waals surface area (Å²) >= 11 is 0. The Kier molecular flexibility index (Phi) is 5.46. The fourth-order valence-electron chi connectivity index (χ4n) is 2.47. The molecule has 2 aromatic rings. The van der Waals surface area contributed by atoms with Gasteiger partial charge < -0.3 is 30.3 Å². The summed E-state index contributed by atoms with van der Waals surface area (Å²) in [7, 11) is -3.08. The predicted molar refractivity (Wildman–Crippen MR) is 84.2 cm³/mol. The van der Waals surface area contributed by atoms with Crippen molar-refractivity contribution in [2.75, 3.05) is 18.9 Å². The van der Waals surface area contributed by atoms with E-state index in [4.69, 9.17) is 20.1 Å². The highest BCUT2D eigenvalue weighted by Crippen LogP contribution is 2.34. The van der Waals surface area contributed by atoms with E-state index in [0.29, 0.717) is 11.2 Å². The molecule has 0 saturated carbocycles. The van der Waals surface area contributed by atoms with Gasteiger partial charge in [-0.1, -0.05) is 0 Å². The van der Waals surface area contributed by atoms with Crippen molar-refractivity contribution in [2.45, 2.75) is 24.5 Å². The van der Waals surface area contributed by atoms with E-state index < -0.39 is 45.4 Å². The molecule has 3 heterocycles. The lowest BCUT2D eigenvalue weighted by Gasteiger charge is -2.16. The molecule has 0 aliphatic carbocycles. The molecule has 1 saturated heterocycles. The number of ether oxygens (including phenoxy) is 1. The van der Waals surface area contributed by atoms with Crippen LogP contribution in [0.2, 0.25) is 0 Å². The number of aliphatic hydroxyl groups excluding tert-OH is 2. The van der Waals surface area contributed by atoms with E-state index in [0.717, 1.165) is 0 Å². The average Bonchev–Trinajstić information content (AvgIpc) is 3.15. The molecule has 5 N–H and O–H groups in total. The number of aliphatic carboxylic acids is 1. The number of nitrogens with two attached hydrogens (primary N) is 1. The Morgan fingerprint density at radius 1 is 1.31 bits per heavy atom. The Morgan fingerprint density at radius 3 is 2.81 bits per heavy atom. The maximum absolute atomic E-state index is 11.4. The monoisotopic (exact) mass is 389 g/mol. The summed E-state index contributed by atoms with van der Waals surface area (Å²) in [5.74, 6) is -1.15. The number of aliphatic hydroxyl groups is 2. The van der Waals surface area contributed by atoms with Crippen LogP contribution < -0.4 is 5.73 Å². The first kappa shape index (κ1) is 18.6. The second kappa shape index (κ2) is 7.61. The third kappa shape index (κ3) is 3.67. The first-order valence-corrected chi connectivity index (χ1v) is 8.57. The molecular weight excluding hydrogens is 373 g/mol. The van der Waals surface area contributed by atoms with Crippen molar-refractivity contribution in [1.29, 1.82) is 0 Å². The summed E-state index contributed by atoms with van der Waals surface area (Å²) in [6.07, 6.45) is -2.22. The molecule has 142 valence electrons. The molecule has 1 fully saturated rings. The summed E-state index contributed by atoms with van der Waals surface area (Å²) in [5, 5.41) is 28.8. The highest BCUT2D eigenvalue weighted by molar-refractivity contribution is 7.33. The number of fused-ring (bicyclic) bond motifs is 1. The number of aromatic nitrogens is 4. The molecule has 0 spiro atoms. The van der Waals surface area contributed by atoms with Crippen LogP contribution in [0.3, 0.4) is 0 Å². The number of carbonyl (C=O) groups is 1. The summed E-state index contributed by atoms with van der Waals surface area (Å²) in [4.78, 5) is 22.2. The van der Waals surface area contributed by atoms with E-state index in [1.54, 1.807) is 0 Å². The van der Waals surface area contributed by atoms with Crippen molar-refractivity contribution in [1.82, 2.24) is 19.5 Å². The fraction of sp³-hybridized carbons (Fsp3) is 0.500. The molecule has 0 amide bonds. The molecule has 26 heavy (non-hydrogen) atoms. The zero-order valence-electron chi connectivity index (χ0n) is 13.1. The number of nitrogen functional groups attached to an aromatic ring is 1. The number of nitrogens with zero attached hydrogens (tertiary/aromatic N) is 4. The fourth-order valence-corrected chi connectivity index (χ4v) is 3.09. The molecule has 14 heteroatoms. The van der Waals surface area contributed by atoms with Gasteiger partial charge in [-0.05, 0) is 0 Å². The molecule has 13 nitrogen and oxygen atoms in total. The lowest BCUT2D eigenvalue weighted by atomic mass is 10.1. The maximum atomic E-state index is 11.4. The van der Waals surface area contributed by atoms with Gasteiger partial charge in [0.25, 0.3) is 0 Å². The summed E-state index contributed by atoms with van der Waals surface area (Å²) in [6.45, 7) is -1.16. The smallest absolute Gasteiger partial charge is 0.330 e. The van der Waals surface area contributed by atoms with Crippen LogP contribution in [-0.2, 0) is 23.1 Å². The minimum absolute atomic E-state index is 0.149. The number of imidazole rings is 1. The van der Waals surface area contributed by atoms with Crippen molar-refractivity contribution in [3.8, 4) is 0 Å². The van der Waals surface area contributed by atoms with Gasteiger partial charge in [-0.25, -0.2) is 19.7 Å². The van der Waals surface area contributed by atoms with Gasteiger partial charge in [0.2, 0.25) is 0 Å². The molecule has 0 radical (unpaired) electrons. The van der Waals surface area contributed by atoms with Crippen molar-refractivity contribution < 1.29 is 38.5 Å². The van der Waals surface area contributed by atoms with E-state index in [1.807, 2.05) is 0 Å². The number of anilines is 1. The van der Waals surface area contributed by atoms with Crippen LogP contribution in [0.4, 0.5) is 5.82 Å². The van der Waals surface area contributed by atoms with Crippen molar-refractivity contribution in [3.63, 3.8) is 0 Å². The first-order valence-electron chi connectivity index (χ1n) is 7.34. The van der Waals surface area contributed by atoms with Gasteiger partial charge in [-0.15, -0.1) is 0 Å². The van der Waals surface area contributed by atoms with Crippen LogP contribution in [0.5, 0.6) is 0 Å². The lowest BCUT2D eigenvalue weighted by molar-refractivity contribution is -0.139. The van der Waals surface area contributed by atoms with Gasteiger partial charge in [0, 0.05) is 0 Å². The Morgan fingerprint density at radius 2 is 2.08 bits per heavy atom. The van der Waals surface area contributed by atoms with Gasteiger partial charge in [-0.2, -0.15) is 0 Å². The van der Waals surface area contributed by atoms with Crippen LogP contribution in [0.25, 0.3) is 11.2 Å². The van der Waals surface area contributed by atoms with E-state index in [9.17, 15) is 19.6 Å². The molecular formula is C12H16N5O8P. The quantitative estimate of drug-likeness (QED) is 0.403. The molecule has 3 rings (SSSR count).